The number of fused-ring (bicyclic) bond motifs is 1. The predicted octanol–water partition coefficient (Wildman–Crippen LogP) is 3.59. The van der Waals surface area contributed by atoms with Gasteiger partial charge in [0, 0.05) is 29.2 Å². The fraction of sp³-hybridized carbons (Fsp3) is 0.133. The molecule has 2 heterocycles. The minimum absolute atomic E-state index is 0.0817. The highest BCUT2D eigenvalue weighted by molar-refractivity contribution is 8.01. The second kappa shape index (κ2) is 6.76. The van der Waals surface area contributed by atoms with Crippen molar-refractivity contribution in [3.8, 4) is 0 Å². The van der Waals surface area contributed by atoms with Crippen molar-refractivity contribution in [2.24, 2.45) is 0 Å². The molecule has 0 bridgehead atoms. The molecule has 7 heteroatoms. The Morgan fingerprint density at radius 1 is 1.41 bits per heavy atom. The lowest BCUT2D eigenvalue weighted by molar-refractivity contribution is 0.102. The summed E-state index contributed by atoms with van der Waals surface area (Å²) in [4.78, 5) is 15.5. The van der Waals surface area contributed by atoms with Gasteiger partial charge < -0.3 is 10.3 Å². The number of carbonyl (C=O) groups is 1. The van der Waals surface area contributed by atoms with Gasteiger partial charge in [0.2, 0.25) is 5.13 Å². The van der Waals surface area contributed by atoms with Gasteiger partial charge in [0.1, 0.15) is 0 Å². The molecule has 5 nitrogen and oxygen atoms in total. The summed E-state index contributed by atoms with van der Waals surface area (Å²) in [7, 11) is 0. The van der Waals surface area contributed by atoms with Crippen molar-refractivity contribution in [3.63, 3.8) is 0 Å². The minimum Gasteiger partial charge on any atom is -0.360 e. The van der Waals surface area contributed by atoms with Crippen molar-refractivity contribution in [3.05, 3.63) is 48.7 Å². The summed E-state index contributed by atoms with van der Waals surface area (Å²) < 4.78 is 0.778. The molecular weight excluding hydrogens is 316 g/mol. The number of anilines is 1. The lowest BCUT2D eigenvalue weighted by atomic mass is 10.1. The Bertz CT molecular complexity index is 809. The standard InChI is InChI=1S/C15H14N4OS2/c1-2-7-16-14-18-19-15(22-14)21-9-13(20)11-8-17-12-6-4-3-5-10(11)12/h2-6,8,17H,1,7,9H2,(H,16,18). The molecule has 0 unspecified atom stereocenters. The summed E-state index contributed by atoms with van der Waals surface area (Å²) in [5.74, 6) is 0.427. The summed E-state index contributed by atoms with van der Waals surface area (Å²) >= 11 is 2.84. The average molecular weight is 330 g/mol. The van der Waals surface area contributed by atoms with Crippen molar-refractivity contribution in [1.82, 2.24) is 15.2 Å². The Labute approximate surface area is 135 Å². The number of Topliss-reactive ketones (excluding diaryl/α,β-unsaturated/α-hetero) is 1. The maximum atomic E-state index is 12.4. The smallest absolute Gasteiger partial charge is 0.206 e. The first kappa shape index (κ1) is 14.8. The quantitative estimate of drug-likeness (QED) is 0.393. The van der Waals surface area contributed by atoms with Crippen LogP contribution in [0.5, 0.6) is 0 Å². The Morgan fingerprint density at radius 3 is 3.14 bits per heavy atom. The third-order valence-electron chi connectivity index (χ3n) is 3.02. The molecule has 0 atom stereocenters. The summed E-state index contributed by atoms with van der Waals surface area (Å²) in [6.07, 6.45) is 3.53. The number of hydrogen-bond donors (Lipinski definition) is 2. The first-order valence-electron chi connectivity index (χ1n) is 6.68. The summed E-state index contributed by atoms with van der Waals surface area (Å²) in [5, 5.41) is 12.8. The van der Waals surface area contributed by atoms with Gasteiger partial charge in [0.25, 0.3) is 0 Å². The largest absolute Gasteiger partial charge is 0.360 e. The first-order valence-corrected chi connectivity index (χ1v) is 8.48. The molecule has 0 aliphatic heterocycles. The van der Waals surface area contributed by atoms with Crippen LogP contribution < -0.4 is 5.32 Å². The lowest BCUT2D eigenvalue weighted by Crippen LogP contribution is -2.01. The Kier molecular flexibility index (Phi) is 4.55. The Hall–Kier alpha value is -2.12. The van der Waals surface area contributed by atoms with Crippen molar-refractivity contribution in [2.75, 3.05) is 17.6 Å². The number of carbonyl (C=O) groups excluding carboxylic acids is 1. The van der Waals surface area contributed by atoms with Gasteiger partial charge in [-0.05, 0) is 6.07 Å². The maximum absolute atomic E-state index is 12.4. The Balaban J connectivity index is 1.65. The molecule has 112 valence electrons. The molecule has 22 heavy (non-hydrogen) atoms. The molecule has 0 fully saturated rings. The topological polar surface area (TPSA) is 70.7 Å². The number of nitrogens with zero attached hydrogens (tertiary/aromatic N) is 2. The number of H-pyrrole nitrogens is 1. The highest BCUT2D eigenvalue weighted by Gasteiger charge is 2.13. The third kappa shape index (κ3) is 3.20. The van der Waals surface area contributed by atoms with Crippen molar-refractivity contribution >= 4 is 44.9 Å². The van der Waals surface area contributed by atoms with Crippen LogP contribution in [0.25, 0.3) is 10.9 Å². The van der Waals surface area contributed by atoms with Gasteiger partial charge in [-0.1, -0.05) is 47.4 Å². The molecule has 0 saturated carbocycles. The second-order valence-corrected chi connectivity index (χ2v) is 6.70. The van der Waals surface area contributed by atoms with Crippen LogP contribution in [0.3, 0.4) is 0 Å². The van der Waals surface area contributed by atoms with E-state index in [1.54, 1.807) is 12.3 Å². The number of hydrogen-bond acceptors (Lipinski definition) is 6. The van der Waals surface area contributed by atoms with Gasteiger partial charge in [-0.15, -0.1) is 16.8 Å². The zero-order valence-corrected chi connectivity index (χ0v) is 13.3. The molecule has 0 saturated heterocycles. The van der Waals surface area contributed by atoms with E-state index < -0.39 is 0 Å². The van der Waals surface area contributed by atoms with Crippen LogP contribution in [-0.4, -0.2) is 33.3 Å². The monoisotopic (exact) mass is 330 g/mol. The number of benzene rings is 1. The van der Waals surface area contributed by atoms with Crippen LogP contribution in [0, 0.1) is 0 Å². The molecule has 3 rings (SSSR count). The third-order valence-corrected chi connectivity index (χ3v) is 5.03. The summed E-state index contributed by atoms with van der Waals surface area (Å²) in [6.45, 7) is 4.28. The fourth-order valence-electron chi connectivity index (χ4n) is 2.01. The highest BCUT2D eigenvalue weighted by Crippen LogP contribution is 2.27. The number of aromatic nitrogens is 3. The van der Waals surface area contributed by atoms with Crippen molar-refractivity contribution in [2.45, 2.75) is 4.34 Å². The van der Waals surface area contributed by atoms with Crippen molar-refractivity contribution in [1.29, 1.82) is 0 Å². The zero-order chi connectivity index (χ0) is 15.4. The minimum atomic E-state index is 0.0817. The van der Waals surface area contributed by atoms with Gasteiger partial charge in [0.15, 0.2) is 10.1 Å². The van der Waals surface area contributed by atoms with E-state index in [0.29, 0.717) is 12.3 Å². The van der Waals surface area contributed by atoms with E-state index in [4.69, 9.17) is 0 Å². The number of nitrogens with one attached hydrogen (secondary N) is 2. The lowest BCUT2D eigenvalue weighted by Gasteiger charge is -1.97. The molecule has 2 aromatic heterocycles. The number of ketones is 1. The van der Waals surface area contributed by atoms with Gasteiger partial charge >= 0.3 is 0 Å². The second-order valence-electron chi connectivity index (χ2n) is 4.50. The molecule has 1 aromatic carbocycles. The van der Waals surface area contributed by atoms with E-state index in [9.17, 15) is 4.79 Å². The van der Waals surface area contributed by atoms with E-state index in [2.05, 4.69) is 27.1 Å². The highest BCUT2D eigenvalue weighted by atomic mass is 32.2. The number of para-hydroxylation sites is 1. The van der Waals surface area contributed by atoms with Crippen LogP contribution in [0.4, 0.5) is 5.13 Å². The molecule has 0 spiro atoms. The van der Waals surface area contributed by atoms with E-state index in [-0.39, 0.29) is 5.78 Å². The van der Waals surface area contributed by atoms with Gasteiger partial charge in [-0.25, -0.2) is 0 Å². The van der Waals surface area contributed by atoms with E-state index in [1.165, 1.54) is 23.1 Å². The molecule has 0 amide bonds. The van der Waals surface area contributed by atoms with Crippen LogP contribution in [-0.2, 0) is 0 Å². The van der Waals surface area contributed by atoms with Crippen LogP contribution >= 0.6 is 23.1 Å². The summed E-state index contributed by atoms with van der Waals surface area (Å²) in [6, 6.07) is 7.79. The fourth-order valence-corrected chi connectivity index (χ4v) is 3.65. The van der Waals surface area contributed by atoms with Gasteiger partial charge in [-0.2, -0.15) is 0 Å². The Morgan fingerprint density at radius 2 is 2.27 bits per heavy atom. The van der Waals surface area contributed by atoms with Crippen LogP contribution in [0.2, 0.25) is 0 Å². The molecule has 3 aromatic rings. The summed E-state index contributed by atoms with van der Waals surface area (Å²) in [5.41, 5.74) is 1.69. The number of aromatic amines is 1. The molecule has 0 aliphatic carbocycles. The van der Waals surface area contributed by atoms with E-state index >= 15 is 0 Å². The SMILES string of the molecule is C=CCNc1nnc(SCC(=O)c2c[nH]c3ccccc23)s1. The van der Waals surface area contributed by atoms with E-state index in [1.807, 2.05) is 24.3 Å². The van der Waals surface area contributed by atoms with Crippen molar-refractivity contribution < 1.29 is 4.79 Å². The van der Waals surface area contributed by atoms with Crippen LogP contribution in [0.15, 0.2) is 47.5 Å². The molecular formula is C15H14N4OS2. The van der Waals surface area contributed by atoms with Gasteiger partial charge in [0.05, 0.1) is 5.75 Å². The maximum Gasteiger partial charge on any atom is 0.206 e. The number of rotatable bonds is 7. The normalized spacial score (nSPS) is 10.7. The van der Waals surface area contributed by atoms with Gasteiger partial charge in [-0.3, -0.25) is 4.79 Å². The first-order chi connectivity index (χ1) is 10.8. The van der Waals surface area contributed by atoms with Crippen LogP contribution in [0.1, 0.15) is 10.4 Å². The molecule has 0 aliphatic rings. The van der Waals surface area contributed by atoms with E-state index in [0.717, 1.165) is 25.9 Å². The predicted molar refractivity (Wildman–Crippen MR) is 91.9 cm³/mol. The molecule has 0 radical (unpaired) electrons. The number of thioether (sulfide) groups is 1. The zero-order valence-electron chi connectivity index (χ0n) is 11.7. The molecule has 2 N–H and O–H groups in total. The average Bonchev–Trinajstić information content (AvgIpc) is 3.17.